The molecule has 1 aromatic heterocycles. The van der Waals surface area contributed by atoms with Gasteiger partial charge in [0.1, 0.15) is 11.9 Å². The number of ether oxygens (including phenoxy) is 2. The van der Waals surface area contributed by atoms with Gasteiger partial charge in [-0.05, 0) is 44.0 Å². The molecule has 0 saturated carbocycles. The van der Waals surface area contributed by atoms with Crippen molar-refractivity contribution < 1.29 is 19.1 Å². The van der Waals surface area contributed by atoms with Crippen LogP contribution in [-0.2, 0) is 4.74 Å². The van der Waals surface area contributed by atoms with Crippen molar-refractivity contribution in [2.75, 3.05) is 18.9 Å². The molecule has 0 radical (unpaired) electrons. The minimum absolute atomic E-state index is 0.0943. The van der Waals surface area contributed by atoms with Crippen LogP contribution < -0.4 is 15.4 Å². The summed E-state index contributed by atoms with van der Waals surface area (Å²) < 4.78 is 16.8. The van der Waals surface area contributed by atoms with E-state index in [1.54, 1.807) is 38.1 Å². The van der Waals surface area contributed by atoms with Crippen molar-refractivity contribution in [3.63, 3.8) is 0 Å². The summed E-state index contributed by atoms with van der Waals surface area (Å²) in [6.45, 7) is 5.84. The Morgan fingerprint density at radius 3 is 2.59 bits per heavy atom. The van der Waals surface area contributed by atoms with Gasteiger partial charge >= 0.3 is 0 Å². The van der Waals surface area contributed by atoms with Gasteiger partial charge in [0.2, 0.25) is 0 Å². The SMILES string of the molecule is COc1oc([C@@H]2C/C(=C/C(C)=C/c3ccc(N([O-])O)cc3)CO2)c(C)c(=O)c1C. The molecule has 1 aromatic carbocycles. The highest BCUT2D eigenvalue weighted by Crippen LogP contribution is 2.35. The van der Waals surface area contributed by atoms with Gasteiger partial charge in [-0.25, -0.2) is 0 Å². The average Bonchev–Trinajstić information content (AvgIpc) is 3.14. The zero-order valence-electron chi connectivity index (χ0n) is 16.9. The van der Waals surface area contributed by atoms with Gasteiger partial charge in [-0.15, -0.1) is 0 Å². The van der Waals surface area contributed by atoms with Gasteiger partial charge in [0.05, 0.1) is 25.0 Å². The molecule has 0 aliphatic carbocycles. The van der Waals surface area contributed by atoms with E-state index in [1.807, 2.05) is 19.1 Å². The summed E-state index contributed by atoms with van der Waals surface area (Å²) in [6.07, 6.45) is 4.30. The molecule has 1 atom stereocenters. The topological polar surface area (TPSA) is 95.2 Å². The van der Waals surface area contributed by atoms with Crippen molar-refractivity contribution >= 4 is 11.8 Å². The molecule has 1 saturated heterocycles. The quantitative estimate of drug-likeness (QED) is 0.743. The van der Waals surface area contributed by atoms with Gasteiger partial charge in [-0.2, -0.15) is 0 Å². The van der Waals surface area contributed by atoms with E-state index >= 15 is 0 Å². The molecular weight excluding hydrogens is 374 g/mol. The summed E-state index contributed by atoms with van der Waals surface area (Å²) in [5.41, 5.74) is 4.08. The van der Waals surface area contributed by atoms with Crippen LogP contribution in [-0.4, -0.2) is 18.9 Å². The maximum Gasteiger partial charge on any atom is 0.291 e. The monoisotopic (exact) mass is 398 g/mol. The van der Waals surface area contributed by atoms with Gasteiger partial charge in [0, 0.05) is 12.0 Å². The fourth-order valence-electron chi connectivity index (χ4n) is 3.40. The van der Waals surface area contributed by atoms with Gasteiger partial charge in [0.25, 0.3) is 5.95 Å². The summed E-state index contributed by atoms with van der Waals surface area (Å²) >= 11 is 0. The molecular formula is C22H24NO6-. The van der Waals surface area contributed by atoms with Crippen molar-refractivity contribution in [2.24, 2.45) is 0 Å². The highest BCUT2D eigenvalue weighted by molar-refractivity contribution is 5.59. The molecule has 1 aliphatic rings. The average molecular weight is 398 g/mol. The van der Waals surface area contributed by atoms with Crippen LogP contribution in [0.15, 0.2) is 50.7 Å². The van der Waals surface area contributed by atoms with Crippen LogP contribution in [0.1, 0.15) is 41.9 Å². The summed E-state index contributed by atoms with van der Waals surface area (Å²) in [7, 11) is 1.47. The Balaban J connectivity index is 1.77. The molecule has 154 valence electrons. The minimum atomic E-state index is -0.330. The highest BCUT2D eigenvalue weighted by atomic mass is 16.8. The number of methoxy groups -OCH3 is 1. The van der Waals surface area contributed by atoms with E-state index in [2.05, 4.69) is 0 Å². The molecule has 1 N–H and O–H groups in total. The molecule has 1 fully saturated rings. The molecule has 0 unspecified atom stereocenters. The normalized spacial score (nSPS) is 18.3. The molecule has 2 heterocycles. The number of benzene rings is 1. The first-order chi connectivity index (χ1) is 13.8. The van der Waals surface area contributed by atoms with Crippen molar-refractivity contribution in [3.8, 4) is 5.95 Å². The largest absolute Gasteiger partial charge is 0.733 e. The fourth-order valence-corrected chi connectivity index (χ4v) is 3.40. The number of nitrogens with zero attached hydrogens (tertiary/aromatic N) is 1. The summed E-state index contributed by atoms with van der Waals surface area (Å²) in [6, 6.07) is 6.60. The van der Waals surface area contributed by atoms with E-state index in [4.69, 9.17) is 19.1 Å². The standard InChI is InChI=1S/C22H24NO6/c1-13(9-16-5-7-18(8-6-16)23(25)26)10-17-11-19(28-12-17)21-14(2)20(24)15(3)22(27-4)29-21/h5-10,19,25H,11-12H2,1-4H3/q-1/b13-9+,17-10-/t19-/m0/s1. The zero-order chi connectivity index (χ0) is 21.1. The Kier molecular flexibility index (Phi) is 6.22. The number of hydrogen-bond acceptors (Lipinski definition) is 7. The van der Waals surface area contributed by atoms with Crippen molar-refractivity contribution in [3.05, 3.63) is 79.4 Å². The number of anilines is 1. The van der Waals surface area contributed by atoms with Crippen molar-refractivity contribution in [1.82, 2.24) is 0 Å². The molecule has 0 spiro atoms. The number of hydrogen-bond donors (Lipinski definition) is 1. The number of allylic oxidation sites excluding steroid dienone is 2. The van der Waals surface area contributed by atoms with Crippen LogP contribution in [0.25, 0.3) is 6.08 Å². The lowest BCUT2D eigenvalue weighted by molar-refractivity contribution is 0.0880. The van der Waals surface area contributed by atoms with E-state index < -0.39 is 0 Å². The van der Waals surface area contributed by atoms with E-state index in [1.165, 1.54) is 7.11 Å². The minimum Gasteiger partial charge on any atom is -0.733 e. The predicted octanol–water partition coefficient (Wildman–Crippen LogP) is 4.45. The molecule has 0 amide bonds. The van der Waals surface area contributed by atoms with Gasteiger partial charge in [0.15, 0.2) is 5.43 Å². The Hall–Kier alpha value is -2.87. The summed E-state index contributed by atoms with van der Waals surface area (Å²) in [5, 5.41) is 19.6. The van der Waals surface area contributed by atoms with Gasteiger partial charge < -0.3 is 24.3 Å². The first kappa shape index (κ1) is 20.9. The van der Waals surface area contributed by atoms with E-state index in [-0.39, 0.29) is 28.4 Å². The highest BCUT2D eigenvalue weighted by Gasteiger charge is 2.28. The smallest absolute Gasteiger partial charge is 0.291 e. The lowest BCUT2D eigenvalue weighted by Crippen LogP contribution is -2.15. The molecule has 7 heteroatoms. The fraction of sp³-hybridized carbons (Fsp3) is 0.318. The summed E-state index contributed by atoms with van der Waals surface area (Å²) in [5.74, 6) is 0.722. The third-order valence-electron chi connectivity index (χ3n) is 4.90. The van der Waals surface area contributed by atoms with Crippen LogP contribution in [0.2, 0.25) is 0 Å². The molecule has 2 aromatic rings. The van der Waals surface area contributed by atoms with Gasteiger partial charge in [-0.3, -0.25) is 10.0 Å². The third-order valence-corrected chi connectivity index (χ3v) is 4.90. The Morgan fingerprint density at radius 1 is 1.28 bits per heavy atom. The molecule has 3 rings (SSSR count). The Bertz CT molecular complexity index is 1000. The molecule has 0 bridgehead atoms. The Labute approximate surface area is 169 Å². The van der Waals surface area contributed by atoms with Crippen molar-refractivity contribution in [2.45, 2.75) is 33.3 Å². The van der Waals surface area contributed by atoms with Crippen molar-refractivity contribution in [1.29, 1.82) is 0 Å². The van der Waals surface area contributed by atoms with Crippen LogP contribution >= 0.6 is 0 Å². The maximum atomic E-state index is 12.4. The van der Waals surface area contributed by atoms with Crippen LogP contribution in [0.3, 0.4) is 0 Å². The molecule has 1 aliphatic heterocycles. The number of rotatable bonds is 5. The second-order valence-electron chi connectivity index (χ2n) is 7.10. The first-order valence-electron chi connectivity index (χ1n) is 9.24. The lowest BCUT2D eigenvalue weighted by Gasteiger charge is -2.21. The van der Waals surface area contributed by atoms with Crippen LogP contribution in [0.4, 0.5) is 5.69 Å². The van der Waals surface area contributed by atoms with Gasteiger partial charge in [-0.1, -0.05) is 29.9 Å². The lowest BCUT2D eigenvalue weighted by atomic mass is 10.0. The predicted molar refractivity (Wildman–Crippen MR) is 110 cm³/mol. The third kappa shape index (κ3) is 4.59. The molecule has 7 nitrogen and oxygen atoms in total. The van der Waals surface area contributed by atoms with E-state index in [9.17, 15) is 10.0 Å². The van der Waals surface area contributed by atoms with E-state index in [0.717, 1.165) is 16.7 Å². The van der Waals surface area contributed by atoms with E-state index in [0.29, 0.717) is 29.9 Å². The Morgan fingerprint density at radius 2 is 1.97 bits per heavy atom. The maximum absolute atomic E-state index is 12.4. The first-order valence-corrected chi connectivity index (χ1v) is 9.24. The van der Waals surface area contributed by atoms with Crippen LogP contribution in [0.5, 0.6) is 5.95 Å². The second-order valence-corrected chi connectivity index (χ2v) is 7.10. The second kappa shape index (κ2) is 8.65. The molecule has 29 heavy (non-hydrogen) atoms. The zero-order valence-corrected chi connectivity index (χ0v) is 16.9. The van der Waals surface area contributed by atoms with Crippen LogP contribution in [0, 0.1) is 19.1 Å². The summed E-state index contributed by atoms with van der Waals surface area (Å²) in [4.78, 5) is 12.4.